The smallest absolute Gasteiger partial charge is 0.320 e. The number of carbonyl (C=O) groups excluding carboxylic acids is 1. The summed E-state index contributed by atoms with van der Waals surface area (Å²) in [7, 11) is 0. The highest BCUT2D eigenvalue weighted by Crippen LogP contribution is 2.10. The summed E-state index contributed by atoms with van der Waals surface area (Å²) >= 11 is 0. The van der Waals surface area contributed by atoms with Crippen LogP contribution in [0.4, 0.5) is 0 Å². The van der Waals surface area contributed by atoms with Crippen LogP contribution in [0.3, 0.4) is 0 Å². The van der Waals surface area contributed by atoms with Crippen LogP contribution < -0.4 is 0 Å². The quantitative estimate of drug-likeness (QED) is 0.713. The van der Waals surface area contributed by atoms with E-state index >= 15 is 0 Å². The Morgan fingerprint density at radius 3 is 2.26 bits per heavy atom. The van der Waals surface area contributed by atoms with Gasteiger partial charge in [-0.3, -0.25) is 14.5 Å². The van der Waals surface area contributed by atoms with Crippen LogP contribution in [0.25, 0.3) is 0 Å². The standard InChI is InChI=1S/C14H26N2O3/c1-3-4-5-6-7-13(17)16-10-8-15(9-11-16)12(2)14(18)19/h12H,3-11H2,1-2H3,(H,18,19). The molecule has 0 bridgehead atoms. The van der Waals surface area contributed by atoms with E-state index in [9.17, 15) is 9.59 Å². The minimum absolute atomic E-state index is 0.221. The average molecular weight is 270 g/mol. The number of aliphatic carboxylic acids is 1. The highest BCUT2D eigenvalue weighted by molar-refractivity contribution is 5.76. The van der Waals surface area contributed by atoms with Gasteiger partial charge in [-0.2, -0.15) is 0 Å². The van der Waals surface area contributed by atoms with Gasteiger partial charge in [-0.15, -0.1) is 0 Å². The van der Waals surface area contributed by atoms with E-state index in [0.29, 0.717) is 32.6 Å². The topological polar surface area (TPSA) is 60.9 Å². The predicted octanol–water partition coefficient (Wildman–Crippen LogP) is 1.57. The SMILES string of the molecule is CCCCCCC(=O)N1CCN(C(C)C(=O)O)CC1. The fraction of sp³-hybridized carbons (Fsp3) is 0.857. The first-order chi connectivity index (χ1) is 9.06. The third-order valence-corrected chi connectivity index (χ3v) is 3.82. The second-order valence-electron chi connectivity index (χ2n) is 5.24. The van der Waals surface area contributed by atoms with E-state index < -0.39 is 12.0 Å². The zero-order chi connectivity index (χ0) is 14.3. The molecule has 1 unspecified atom stereocenters. The summed E-state index contributed by atoms with van der Waals surface area (Å²) in [6, 6.07) is -0.457. The van der Waals surface area contributed by atoms with E-state index in [1.54, 1.807) is 6.92 Å². The number of nitrogens with zero attached hydrogens (tertiary/aromatic N) is 2. The number of amides is 1. The first kappa shape index (κ1) is 16.0. The van der Waals surface area contributed by atoms with Crippen molar-refractivity contribution in [1.29, 1.82) is 0 Å². The maximum absolute atomic E-state index is 12.0. The molecule has 5 nitrogen and oxygen atoms in total. The van der Waals surface area contributed by atoms with Crippen LogP contribution in [0.2, 0.25) is 0 Å². The molecule has 1 aliphatic rings. The summed E-state index contributed by atoms with van der Waals surface area (Å²) in [4.78, 5) is 26.6. The van der Waals surface area contributed by atoms with Crippen LogP contribution in [0.5, 0.6) is 0 Å². The number of piperazine rings is 1. The van der Waals surface area contributed by atoms with Crippen LogP contribution in [-0.4, -0.2) is 59.0 Å². The summed E-state index contributed by atoms with van der Waals surface area (Å²) in [5.74, 6) is -0.571. The molecular weight excluding hydrogens is 244 g/mol. The molecule has 0 aromatic rings. The molecule has 1 rings (SSSR count). The van der Waals surface area contributed by atoms with Crippen molar-refractivity contribution in [1.82, 2.24) is 9.80 Å². The Morgan fingerprint density at radius 1 is 1.11 bits per heavy atom. The van der Waals surface area contributed by atoms with E-state index in [2.05, 4.69) is 6.92 Å². The second kappa shape index (κ2) is 8.15. The van der Waals surface area contributed by atoms with Gasteiger partial charge in [0, 0.05) is 32.6 Å². The zero-order valence-corrected chi connectivity index (χ0v) is 12.1. The Labute approximate surface area is 115 Å². The number of rotatable bonds is 7. The summed E-state index contributed by atoms with van der Waals surface area (Å²) in [6.07, 6.45) is 5.10. The first-order valence-corrected chi connectivity index (χ1v) is 7.31. The van der Waals surface area contributed by atoms with Gasteiger partial charge < -0.3 is 10.0 Å². The Bertz CT molecular complexity index is 299. The minimum Gasteiger partial charge on any atom is -0.480 e. The lowest BCUT2D eigenvalue weighted by Gasteiger charge is -2.36. The third-order valence-electron chi connectivity index (χ3n) is 3.82. The fourth-order valence-corrected chi connectivity index (χ4v) is 2.38. The molecule has 0 spiro atoms. The Hall–Kier alpha value is -1.10. The molecule has 1 atom stereocenters. The van der Waals surface area contributed by atoms with Crippen molar-refractivity contribution in [3.63, 3.8) is 0 Å². The number of hydrogen-bond donors (Lipinski definition) is 1. The molecule has 1 aliphatic heterocycles. The number of carbonyl (C=O) groups is 2. The molecule has 1 saturated heterocycles. The van der Waals surface area contributed by atoms with Crippen LogP contribution in [0.1, 0.15) is 46.0 Å². The molecule has 1 amide bonds. The molecule has 0 aliphatic carbocycles. The summed E-state index contributed by atoms with van der Waals surface area (Å²) in [5, 5.41) is 8.95. The maximum atomic E-state index is 12.0. The maximum Gasteiger partial charge on any atom is 0.320 e. The van der Waals surface area contributed by atoms with Crippen molar-refractivity contribution >= 4 is 11.9 Å². The molecule has 0 aromatic carbocycles. The monoisotopic (exact) mass is 270 g/mol. The fourth-order valence-electron chi connectivity index (χ4n) is 2.38. The number of carboxylic acid groups (broad SMARTS) is 1. The highest BCUT2D eigenvalue weighted by atomic mass is 16.4. The molecule has 19 heavy (non-hydrogen) atoms. The van der Waals surface area contributed by atoms with Crippen molar-refractivity contribution in [2.24, 2.45) is 0 Å². The lowest BCUT2D eigenvalue weighted by molar-refractivity contribution is -0.144. The molecule has 5 heteroatoms. The van der Waals surface area contributed by atoms with Gasteiger partial charge in [0.25, 0.3) is 0 Å². The Morgan fingerprint density at radius 2 is 1.74 bits per heavy atom. The zero-order valence-electron chi connectivity index (χ0n) is 12.1. The van der Waals surface area contributed by atoms with E-state index in [0.717, 1.165) is 12.8 Å². The van der Waals surface area contributed by atoms with Crippen LogP contribution in [-0.2, 0) is 9.59 Å². The molecule has 110 valence electrons. The Kier molecular flexibility index (Phi) is 6.84. The van der Waals surface area contributed by atoms with E-state index in [-0.39, 0.29) is 5.91 Å². The van der Waals surface area contributed by atoms with E-state index in [1.807, 2.05) is 9.80 Å². The molecule has 1 heterocycles. The minimum atomic E-state index is -0.792. The van der Waals surface area contributed by atoms with Gasteiger partial charge in [-0.1, -0.05) is 26.2 Å². The molecule has 0 saturated carbocycles. The average Bonchev–Trinajstić information content (AvgIpc) is 2.42. The first-order valence-electron chi connectivity index (χ1n) is 7.31. The van der Waals surface area contributed by atoms with Gasteiger partial charge in [0.2, 0.25) is 5.91 Å². The van der Waals surface area contributed by atoms with E-state index in [4.69, 9.17) is 5.11 Å². The largest absolute Gasteiger partial charge is 0.480 e. The van der Waals surface area contributed by atoms with Crippen molar-refractivity contribution < 1.29 is 14.7 Å². The van der Waals surface area contributed by atoms with Crippen LogP contribution in [0.15, 0.2) is 0 Å². The molecule has 1 N–H and O–H groups in total. The van der Waals surface area contributed by atoms with Gasteiger partial charge in [0.05, 0.1) is 0 Å². The van der Waals surface area contributed by atoms with Crippen LogP contribution in [0, 0.1) is 0 Å². The highest BCUT2D eigenvalue weighted by Gasteiger charge is 2.26. The van der Waals surface area contributed by atoms with Gasteiger partial charge in [0.15, 0.2) is 0 Å². The predicted molar refractivity (Wildman–Crippen MR) is 74.0 cm³/mol. The third kappa shape index (κ3) is 5.19. The van der Waals surface area contributed by atoms with E-state index in [1.165, 1.54) is 12.8 Å². The summed E-state index contributed by atoms with van der Waals surface area (Å²) < 4.78 is 0. The van der Waals surface area contributed by atoms with Gasteiger partial charge in [-0.25, -0.2) is 0 Å². The second-order valence-corrected chi connectivity index (χ2v) is 5.24. The number of hydrogen-bond acceptors (Lipinski definition) is 3. The lowest BCUT2D eigenvalue weighted by Crippen LogP contribution is -2.53. The number of unbranched alkanes of at least 4 members (excludes halogenated alkanes) is 3. The molecular formula is C14H26N2O3. The van der Waals surface area contributed by atoms with Crippen molar-refractivity contribution in [2.45, 2.75) is 52.0 Å². The summed E-state index contributed by atoms with van der Waals surface area (Å²) in [5.41, 5.74) is 0. The van der Waals surface area contributed by atoms with Crippen molar-refractivity contribution in [3.8, 4) is 0 Å². The van der Waals surface area contributed by atoms with Crippen molar-refractivity contribution in [3.05, 3.63) is 0 Å². The number of carboxylic acids is 1. The lowest BCUT2D eigenvalue weighted by atomic mass is 10.1. The molecule has 0 aromatic heterocycles. The summed E-state index contributed by atoms with van der Waals surface area (Å²) in [6.45, 7) is 6.49. The van der Waals surface area contributed by atoms with Gasteiger partial charge >= 0.3 is 5.97 Å². The molecule has 1 fully saturated rings. The Balaban J connectivity index is 2.25. The van der Waals surface area contributed by atoms with Crippen LogP contribution >= 0.6 is 0 Å². The van der Waals surface area contributed by atoms with Gasteiger partial charge in [-0.05, 0) is 13.3 Å². The van der Waals surface area contributed by atoms with Gasteiger partial charge in [0.1, 0.15) is 6.04 Å². The molecule has 0 radical (unpaired) electrons. The normalized spacial score (nSPS) is 18.3. The van der Waals surface area contributed by atoms with Crippen molar-refractivity contribution in [2.75, 3.05) is 26.2 Å².